The second-order valence-corrected chi connectivity index (χ2v) is 5.87. The maximum absolute atomic E-state index is 11.9. The van der Waals surface area contributed by atoms with E-state index >= 15 is 0 Å². The van der Waals surface area contributed by atoms with Crippen molar-refractivity contribution in [3.05, 3.63) is 58.2 Å². The molecule has 0 bridgehead atoms. The Kier molecular flexibility index (Phi) is 4.92. The number of aromatic amines is 1. The zero-order valence-electron chi connectivity index (χ0n) is 12.7. The zero-order valence-corrected chi connectivity index (χ0v) is 13.5. The Balaban J connectivity index is 1.65. The van der Waals surface area contributed by atoms with Gasteiger partial charge in [0, 0.05) is 13.0 Å². The van der Waals surface area contributed by atoms with Crippen LogP contribution in [-0.2, 0) is 25.1 Å². The number of benzene rings is 1. The summed E-state index contributed by atoms with van der Waals surface area (Å²) in [6.45, 7) is 2.53. The van der Waals surface area contributed by atoms with Gasteiger partial charge in [-0.1, -0.05) is 49.0 Å². The molecule has 0 aliphatic rings. The minimum atomic E-state index is -0.205. The number of rotatable bonds is 7. The Labute approximate surface area is 137 Å². The quantitative estimate of drug-likeness (QED) is 0.667. The van der Waals surface area contributed by atoms with Crippen LogP contribution in [0.1, 0.15) is 24.3 Å². The van der Waals surface area contributed by atoms with Crippen LogP contribution in [0.2, 0.25) is 0 Å². The van der Waals surface area contributed by atoms with Crippen LogP contribution in [0.15, 0.2) is 44.7 Å². The lowest BCUT2D eigenvalue weighted by Gasteiger charge is -2.04. The lowest BCUT2D eigenvalue weighted by Crippen LogP contribution is -2.18. The minimum Gasteiger partial charge on any atom is -0.424 e. The topological polar surface area (TPSA) is 89.6 Å². The molecule has 2 heterocycles. The van der Waals surface area contributed by atoms with Crippen LogP contribution >= 0.6 is 11.8 Å². The molecule has 2 aromatic heterocycles. The first-order chi connectivity index (χ1) is 11.3. The van der Waals surface area contributed by atoms with Crippen LogP contribution in [-0.4, -0.2) is 25.0 Å². The number of aromatic nitrogens is 5. The highest BCUT2D eigenvalue weighted by molar-refractivity contribution is 7.98. The molecule has 3 rings (SSSR count). The Morgan fingerprint density at radius 3 is 2.74 bits per heavy atom. The predicted molar refractivity (Wildman–Crippen MR) is 86.2 cm³/mol. The maximum Gasteiger partial charge on any atom is 0.343 e. The number of hydrogen-bond acceptors (Lipinski definition) is 6. The maximum atomic E-state index is 11.9. The molecule has 0 unspecified atom stereocenters. The van der Waals surface area contributed by atoms with E-state index in [0.29, 0.717) is 35.7 Å². The third kappa shape index (κ3) is 3.89. The monoisotopic (exact) mass is 331 g/mol. The van der Waals surface area contributed by atoms with Crippen LogP contribution in [0.25, 0.3) is 0 Å². The Bertz CT molecular complexity index is 809. The van der Waals surface area contributed by atoms with E-state index in [-0.39, 0.29) is 5.69 Å². The molecule has 0 radical (unpaired) electrons. The fourth-order valence-corrected chi connectivity index (χ4v) is 2.92. The number of aryl methyl sites for hydroxylation is 2. The van der Waals surface area contributed by atoms with E-state index in [2.05, 4.69) is 20.4 Å². The number of nitrogens with zero attached hydrogens (tertiary/aromatic N) is 4. The molecule has 0 saturated heterocycles. The van der Waals surface area contributed by atoms with Crippen molar-refractivity contribution in [1.29, 1.82) is 0 Å². The van der Waals surface area contributed by atoms with Crippen LogP contribution in [0.5, 0.6) is 0 Å². The first-order valence-corrected chi connectivity index (χ1v) is 8.38. The molecule has 23 heavy (non-hydrogen) atoms. The first kappa shape index (κ1) is 15.5. The molecule has 120 valence electrons. The van der Waals surface area contributed by atoms with Crippen molar-refractivity contribution in [3.63, 3.8) is 0 Å². The molecule has 8 heteroatoms. The van der Waals surface area contributed by atoms with Gasteiger partial charge in [-0.25, -0.2) is 9.89 Å². The van der Waals surface area contributed by atoms with Crippen molar-refractivity contribution in [2.75, 3.05) is 0 Å². The van der Waals surface area contributed by atoms with Gasteiger partial charge in [-0.2, -0.15) is 0 Å². The van der Waals surface area contributed by atoms with E-state index in [1.54, 1.807) is 4.57 Å². The largest absolute Gasteiger partial charge is 0.424 e. The molecular weight excluding hydrogens is 314 g/mol. The third-order valence-electron chi connectivity index (χ3n) is 3.33. The molecule has 7 nitrogen and oxygen atoms in total. The zero-order chi connectivity index (χ0) is 16.1. The fourth-order valence-electron chi connectivity index (χ4n) is 2.11. The van der Waals surface area contributed by atoms with E-state index in [1.807, 2.05) is 37.3 Å². The summed E-state index contributed by atoms with van der Waals surface area (Å²) in [4.78, 5) is 11.9. The van der Waals surface area contributed by atoms with Crippen molar-refractivity contribution < 1.29 is 4.42 Å². The van der Waals surface area contributed by atoms with Gasteiger partial charge in [-0.05, 0) is 12.0 Å². The SMILES string of the molecule is CCc1nnc(CSc2n[nH]c(=O)n2CCc2ccccc2)o1. The summed E-state index contributed by atoms with van der Waals surface area (Å²) >= 11 is 1.40. The molecule has 1 aromatic carbocycles. The van der Waals surface area contributed by atoms with Crippen molar-refractivity contribution in [3.8, 4) is 0 Å². The van der Waals surface area contributed by atoms with Crippen LogP contribution < -0.4 is 5.69 Å². The van der Waals surface area contributed by atoms with Gasteiger partial charge in [0.1, 0.15) is 0 Å². The molecule has 0 aliphatic heterocycles. The Morgan fingerprint density at radius 2 is 2.00 bits per heavy atom. The summed E-state index contributed by atoms with van der Waals surface area (Å²) < 4.78 is 7.10. The molecule has 3 aromatic rings. The van der Waals surface area contributed by atoms with Crippen molar-refractivity contribution in [2.24, 2.45) is 0 Å². The van der Waals surface area contributed by atoms with Crippen molar-refractivity contribution in [1.82, 2.24) is 25.0 Å². The first-order valence-electron chi connectivity index (χ1n) is 7.39. The number of H-pyrrole nitrogens is 1. The number of nitrogens with one attached hydrogen (secondary N) is 1. The summed E-state index contributed by atoms with van der Waals surface area (Å²) in [7, 11) is 0. The van der Waals surface area contributed by atoms with Gasteiger partial charge in [0.15, 0.2) is 5.16 Å². The lowest BCUT2D eigenvalue weighted by atomic mass is 10.1. The molecule has 0 aliphatic carbocycles. The van der Waals surface area contributed by atoms with Crippen LogP contribution in [0.4, 0.5) is 0 Å². The average molecular weight is 331 g/mol. The fraction of sp³-hybridized carbons (Fsp3) is 0.333. The molecule has 0 spiro atoms. The van der Waals surface area contributed by atoms with Crippen molar-refractivity contribution >= 4 is 11.8 Å². The van der Waals surface area contributed by atoms with Crippen molar-refractivity contribution in [2.45, 2.75) is 37.2 Å². The number of thioether (sulfide) groups is 1. The van der Waals surface area contributed by atoms with Gasteiger partial charge in [0.2, 0.25) is 11.8 Å². The molecule has 0 fully saturated rings. The third-order valence-corrected chi connectivity index (χ3v) is 4.29. The van der Waals surface area contributed by atoms with Crippen LogP contribution in [0.3, 0.4) is 0 Å². The molecule has 0 amide bonds. The average Bonchev–Trinajstić information content (AvgIpc) is 3.18. The summed E-state index contributed by atoms with van der Waals surface area (Å²) in [5.74, 6) is 1.64. The standard InChI is InChI=1S/C15H17N5O2S/c1-2-12-16-17-13(22-12)10-23-15-19-18-14(21)20(15)9-8-11-6-4-3-5-7-11/h3-7H,2,8-10H2,1H3,(H,18,21). The summed E-state index contributed by atoms with van der Waals surface area (Å²) in [5.41, 5.74) is 0.976. The minimum absolute atomic E-state index is 0.205. The summed E-state index contributed by atoms with van der Waals surface area (Å²) in [5, 5.41) is 15.1. The van der Waals surface area contributed by atoms with E-state index in [1.165, 1.54) is 17.3 Å². The number of hydrogen-bond donors (Lipinski definition) is 1. The molecule has 1 N–H and O–H groups in total. The van der Waals surface area contributed by atoms with Gasteiger partial charge in [-0.15, -0.1) is 15.3 Å². The molecule has 0 saturated carbocycles. The Morgan fingerprint density at radius 1 is 1.22 bits per heavy atom. The van der Waals surface area contributed by atoms with Gasteiger partial charge in [0.25, 0.3) is 0 Å². The van der Waals surface area contributed by atoms with Gasteiger partial charge in [0.05, 0.1) is 5.75 Å². The highest BCUT2D eigenvalue weighted by Gasteiger charge is 2.12. The predicted octanol–water partition coefficient (Wildman–Crippen LogP) is 2.05. The summed E-state index contributed by atoms with van der Waals surface area (Å²) in [6.07, 6.45) is 1.48. The molecular formula is C15H17N5O2S. The van der Waals surface area contributed by atoms with E-state index in [4.69, 9.17) is 4.42 Å². The van der Waals surface area contributed by atoms with Gasteiger partial charge >= 0.3 is 5.69 Å². The highest BCUT2D eigenvalue weighted by Crippen LogP contribution is 2.19. The second kappa shape index (κ2) is 7.28. The molecule has 0 atom stereocenters. The summed E-state index contributed by atoms with van der Waals surface area (Å²) in [6, 6.07) is 10.0. The van der Waals surface area contributed by atoms with E-state index in [0.717, 1.165) is 6.42 Å². The van der Waals surface area contributed by atoms with E-state index < -0.39 is 0 Å². The second-order valence-electron chi connectivity index (χ2n) is 4.93. The van der Waals surface area contributed by atoms with Gasteiger partial charge in [-0.3, -0.25) is 4.57 Å². The highest BCUT2D eigenvalue weighted by atomic mass is 32.2. The van der Waals surface area contributed by atoms with Crippen LogP contribution in [0, 0.1) is 0 Å². The van der Waals surface area contributed by atoms with E-state index in [9.17, 15) is 4.79 Å². The normalized spacial score (nSPS) is 11.0. The lowest BCUT2D eigenvalue weighted by molar-refractivity contribution is 0.469. The van der Waals surface area contributed by atoms with Gasteiger partial charge < -0.3 is 4.42 Å². The Hall–Kier alpha value is -2.35. The smallest absolute Gasteiger partial charge is 0.343 e.